The van der Waals surface area contributed by atoms with Crippen molar-refractivity contribution in [1.29, 1.82) is 0 Å². The van der Waals surface area contributed by atoms with Crippen LogP contribution in [0.25, 0.3) is 0 Å². The number of carbonyl (C=O) groups excluding carboxylic acids is 1. The van der Waals surface area contributed by atoms with Crippen molar-refractivity contribution in [3.63, 3.8) is 0 Å². The maximum absolute atomic E-state index is 13.6. The lowest BCUT2D eigenvalue weighted by molar-refractivity contribution is 0.213. The Hall–Kier alpha value is -1.17. The van der Waals surface area contributed by atoms with Crippen LogP contribution in [0.15, 0.2) is 16.6 Å². The smallest absolute Gasteiger partial charge is 0.321 e. The Kier molecular flexibility index (Phi) is 4.74. The summed E-state index contributed by atoms with van der Waals surface area (Å²) in [5.41, 5.74) is -0.130. The van der Waals surface area contributed by atoms with Gasteiger partial charge in [-0.3, -0.25) is 0 Å². The molecule has 1 aliphatic heterocycles. The van der Waals surface area contributed by atoms with Crippen molar-refractivity contribution in [2.24, 2.45) is 0 Å². The molecular weight excluding hydrogens is 318 g/mol. The van der Waals surface area contributed by atoms with Crippen LogP contribution >= 0.6 is 15.9 Å². The summed E-state index contributed by atoms with van der Waals surface area (Å²) >= 11 is 2.90. The maximum atomic E-state index is 13.6. The summed E-state index contributed by atoms with van der Waals surface area (Å²) in [5, 5.41) is 2.43. The minimum Gasteiger partial charge on any atom is -0.325 e. The predicted octanol–water partition coefficient (Wildman–Crippen LogP) is 4.14. The molecule has 1 heterocycles. The molecule has 1 aromatic carbocycles. The van der Waals surface area contributed by atoms with E-state index in [9.17, 15) is 13.6 Å². The summed E-state index contributed by atoms with van der Waals surface area (Å²) < 4.78 is 27.0. The number of urea groups is 1. The van der Waals surface area contributed by atoms with Crippen molar-refractivity contribution >= 4 is 27.6 Å². The molecule has 1 aliphatic rings. The van der Waals surface area contributed by atoms with Gasteiger partial charge in [-0.05, 0) is 34.8 Å². The van der Waals surface area contributed by atoms with Crippen molar-refractivity contribution in [2.45, 2.75) is 25.7 Å². The molecule has 0 radical (unpaired) electrons. The monoisotopic (exact) mass is 332 g/mol. The van der Waals surface area contributed by atoms with E-state index in [-0.39, 0.29) is 16.2 Å². The molecule has 0 saturated carbocycles. The molecular formula is C13H15BrF2N2O. The van der Waals surface area contributed by atoms with Gasteiger partial charge < -0.3 is 10.2 Å². The van der Waals surface area contributed by atoms with Gasteiger partial charge in [0.1, 0.15) is 11.6 Å². The summed E-state index contributed by atoms with van der Waals surface area (Å²) in [7, 11) is 0. The second-order valence-electron chi connectivity index (χ2n) is 4.58. The molecule has 19 heavy (non-hydrogen) atoms. The summed E-state index contributed by atoms with van der Waals surface area (Å²) in [4.78, 5) is 13.6. The van der Waals surface area contributed by atoms with Crippen LogP contribution in [0.2, 0.25) is 0 Å². The Morgan fingerprint density at radius 1 is 1.11 bits per heavy atom. The van der Waals surface area contributed by atoms with Gasteiger partial charge >= 0.3 is 6.03 Å². The standard InChI is InChI=1S/C13H15BrF2N2O/c14-9-7-11(16)12(8-10(9)15)17-13(19)18-5-3-1-2-4-6-18/h7-8H,1-6H2,(H,17,19). The second kappa shape index (κ2) is 6.32. The minimum atomic E-state index is -0.656. The first-order chi connectivity index (χ1) is 9.08. The van der Waals surface area contributed by atoms with Crippen LogP contribution in [-0.4, -0.2) is 24.0 Å². The number of amides is 2. The average Bonchev–Trinajstić information content (AvgIpc) is 2.64. The van der Waals surface area contributed by atoms with E-state index in [0.717, 1.165) is 37.8 Å². The highest BCUT2D eigenvalue weighted by Gasteiger charge is 2.17. The van der Waals surface area contributed by atoms with E-state index >= 15 is 0 Å². The minimum absolute atomic E-state index is 0.0396. The van der Waals surface area contributed by atoms with Crippen molar-refractivity contribution in [3.8, 4) is 0 Å². The first kappa shape index (κ1) is 14.2. The van der Waals surface area contributed by atoms with Crippen LogP contribution in [0.1, 0.15) is 25.7 Å². The number of nitrogens with zero attached hydrogens (tertiary/aromatic N) is 1. The third-order valence-corrected chi connectivity index (χ3v) is 3.75. The van der Waals surface area contributed by atoms with E-state index < -0.39 is 11.6 Å². The van der Waals surface area contributed by atoms with Crippen molar-refractivity contribution in [2.75, 3.05) is 18.4 Å². The summed E-state index contributed by atoms with van der Waals surface area (Å²) in [6, 6.07) is 1.62. The average molecular weight is 333 g/mol. The van der Waals surface area contributed by atoms with Crippen LogP contribution in [0.5, 0.6) is 0 Å². The summed E-state index contributed by atoms with van der Waals surface area (Å²) in [6.45, 7) is 1.32. The van der Waals surface area contributed by atoms with Crippen LogP contribution in [0.4, 0.5) is 19.3 Å². The molecule has 1 N–H and O–H groups in total. The summed E-state index contributed by atoms with van der Waals surface area (Å²) in [5.74, 6) is -1.26. The molecule has 1 fully saturated rings. The van der Waals surface area contributed by atoms with E-state index in [1.165, 1.54) is 0 Å². The highest BCUT2D eigenvalue weighted by molar-refractivity contribution is 9.10. The molecule has 1 saturated heterocycles. The molecule has 1 aromatic rings. The fourth-order valence-electron chi connectivity index (χ4n) is 2.09. The Balaban J connectivity index is 2.07. The zero-order chi connectivity index (χ0) is 13.8. The van der Waals surface area contributed by atoms with Gasteiger partial charge in [-0.15, -0.1) is 0 Å². The van der Waals surface area contributed by atoms with E-state index in [4.69, 9.17) is 0 Å². The third kappa shape index (κ3) is 3.65. The topological polar surface area (TPSA) is 32.3 Å². The molecule has 2 rings (SSSR count). The number of rotatable bonds is 1. The van der Waals surface area contributed by atoms with Gasteiger partial charge in [0, 0.05) is 19.2 Å². The number of hydrogen-bond donors (Lipinski definition) is 1. The molecule has 0 atom stereocenters. The largest absolute Gasteiger partial charge is 0.325 e. The quantitative estimate of drug-likeness (QED) is 0.770. The number of nitrogens with one attached hydrogen (secondary N) is 1. The Bertz CT molecular complexity index is 474. The zero-order valence-electron chi connectivity index (χ0n) is 10.4. The van der Waals surface area contributed by atoms with Gasteiger partial charge in [0.05, 0.1) is 10.2 Å². The van der Waals surface area contributed by atoms with Gasteiger partial charge in [-0.2, -0.15) is 0 Å². The number of carbonyl (C=O) groups is 1. The van der Waals surface area contributed by atoms with E-state index in [0.29, 0.717) is 13.1 Å². The normalized spacial score (nSPS) is 16.1. The number of hydrogen-bond acceptors (Lipinski definition) is 1. The van der Waals surface area contributed by atoms with Crippen LogP contribution < -0.4 is 5.32 Å². The van der Waals surface area contributed by atoms with Gasteiger partial charge in [0.2, 0.25) is 0 Å². The zero-order valence-corrected chi connectivity index (χ0v) is 12.0. The number of halogens is 3. The molecule has 0 aliphatic carbocycles. The van der Waals surface area contributed by atoms with Gasteiger partial charge in [-0.25, -0.2) is 13.6 Å². The lowest BCUT2D eigenvalue weighted by Gasteiger charge is -2.21. The fourth-order valence-corrected chi connectivity index (χ4v) is 2.40. The second-order valence-corrected chi connectivity index (χ2v) is 5.43. The summed E-state index contributed by atoms with van der Waals surface area (Å²) in [6.07, 6.45) is 4.10. The Labute approximate surface area is 119 Å². The first-order valence-corrected chi connectivity index (χ1v) is 7.07. The Morgan fingerprint density at radius 2 is 1.74 bits per heavy atom. The lowest BCUT2D eigenvalue weighted by atomic mass is 10.2. The maximum Gasteiger partial charge on any atom is 0.321 e. The van der Waals surface area contributed by atoms with Crippen LogP contribution in [0, 0.1) is 11.6 Å². The van der Waals surface area contributed by atoms with E-state index in [1.807, 2.05) is 0 Å². The lowest BCUT2D eigenvalue weighted by Crippen LogP contribution is -2.35. The van der Waals surface area contributed by atoms with Crippen molar-refractivity contribution in [1.82, 2.24) is 4.90 Å². The Morgan fingerprint density at radius 3 is 2.37 bits per heavy atom. The molecule has 2 amide bonds. The van der Waals surface area contributed by atoms with E-state index in [1.54, 1.807) is 4.90 Å². The third-order valence-electron chi connectivity index (χ3n) is 3.14. The van der Waals surface area contributed by atoms with Crippen molar-refractivity contribution < 1.29 is 13.6 Å². The van der Waals surface area contributed by atoms with Crippen molar-refractivity contribution in [3.05, 3.63) is 28.2 Å². The molecule has 0 aromatic heterocycles. The number of likely N-dealkylation sites (tertiary alicyclic amines) is 1. The number of anilines is 1. The highest BCUT2D eigenvalue weighted by atomic mass is 79.9. The molecule has 104 valence electrons. The molecule has 6 heteroatoms. The molecule has 0 spiro atoms. The van der Waals surface area contributed by atoms with Gasteiger partial charge in [-0.1, -0.05) is 12.8 Å². The van der Waals surface area contributed by atoms with Crippen LogP contribution in [-0.2, 0) is 0 Å². The van der Waals surface area contributed by atoms with E-state index in [2.05, 4.69) is 21.2 Å². The fraction of sp³-hybridized carbons (Fsp3) is 0.462. The SMILES string of the molecule is O=C(Nc1cc(F)c(Br)cc1F)N1CCCCCC1. The molecule has 0 bridgehead atoms. The highest BCUT2D eigenvalue weighted by Crippen LogP contribution is 2.23. The van der Waals surface area contributed by atoms with Gasteiger partial charge in [0.15, 0.2) is 0 Å². The van der Waals surface area contributed by atoms with Crippen LogP contribution in [0.3, 0.4) is 0 Å². The number of benzene rings is 1. The molecule has 0 unspecified atom stereocenters. The first-order valence-electron chi connectivity index (χ1n) is 6.28. The predicted molar refractivity (Wildman–Crippen MR) is 73.1 cm³/mol. The molecule has 3 nitrogen and oxygen atoms in total. The van der Waals surface area contributed by atoms with Gasteiger partial charge in [0.25, 0.3) is 0 Å².